The van der Waals surface area contributed by atoms with Crippen LogP contribution in [-0.4, -0.2) is 36.6 Å². The lowest BCUT2D eigenvalue weighted by atomic mass is 10.2. The molecule has 1 N–H and O–H groups in total. The highest BCUT2D eigenvalue weighted by atomic mass is 79.9. The highest BCUT2D eigenvalue weighted by Crippen LogP contribution is 2.26. The van der Waals surface area contributed by atoms with Crippen molar-refractivity contribution in [2.75, 3.05) is 10.8 Å². The average Bonchev–Trinajstić information content (AvgIpc) is 3.16. The van der Waals surface area contributed by atoms with E-state index >= 15 is 0 Å². The molecule has 0 saturated heterocycles. The Kier molecular flexibility index (Phi) is 7.66. The van der Waals surface area contributed by atoms with Crippen LogP contribution in [0.1, 0.15) is 17.0 Å². The van der Waals surface area contributed by atoms with Gasteiger partial charge in [-0.25, -0.2) is 13.8 Å². The maximum absolute atomic E-state index is 13.3. The van der Waals surface area contributed by atoms with Gasteiger partial charge in [0, 0.05) is 27.6 Å². The van der Waals surface area contributed by atoms with Crippen LogP contribution in [0.25, 0.3) is 5.69 Å². The van der Waals surface area contributed by atoms with Crippen LogP contribution in [0.2, 0.25) is 0 Å². The maximum atomic E-state index is 13.3. The van der Waals surface area contributed by atoms with Crippen LogP contribution in [0.3, 0.4) is 0 Å². The average molecular weight is 566 g/mol. The third-order valence-electron chi connectivity index (χ3n) is 5.51. The zero-order chi connectivity index (χ0) is 25.7. The van der Waals surface area contributed by atoms with Crippen LogP contribution in [0, 0.1) is 13.8 Å². The van der Waals surface area contributed by atoms with Crippen LogP contribution in [0.5, 0.6) is 0 Å². The molecular formula is C26H24BrN5O3S. The third kappa shape index (κ3) is 5.39. The number of hydrogen-bond donors (Lipinski definition) is 1. The molecule has 0 aliphatic rings. The molecular weight excluding hydrogens is 542 g/mol. The van der Waals surface area contributed by atoms with Crippen molar-refractivity contribution in [1.82, 2.24) is 15.0 Å². The van der Waals surface area contributed by atoms with E-state index in [1.165, 1.54) is 24.5 Å². The first kappa shape index (κ1) is 25.3. The molecule has 0 saturated carbocycles. The summed E-state index contributed by atoms with van der Waals surface area (Å²) >= 11 is 3.59. The molecule has 0 radical (unpaired) electrons. The van der Waals surface area contributed by atoms with Crippen molar-refractivity contribution in [3.05, 3.63) is 107 Å². The van der Waals surface area contributed by atoms with Crippen molar-refractivity contribution in [3.8, 4) is 5.69 Å². The normalized spacial score (nSPS) is 11.5. The number of aromatic nitrogens is 2. The largest absolute Gasteiger partial charge is 0.317 e. The van der Waals surface area contributed by atoms with Crippen molar-refractivity contribution in [3.63, 3.8) is 0 Å². The topological polar surface area (TPSA) is 96.7 Å². The number of carbonyl (C=O) groups excluding carboxylic acids is 1. The number of sulfonamides is 1. The van der Waals surface area contributed by atoms with Crippen LogP contribution >= 0.6 is 15.9 Å². The van der Waals surface area contributed by atoms with E-state index in [9.17, 15) is 13.2 Å². The summed E-state index contributed by atoms with van der Waals surface area (Å²) in [5.74, 6) is -0.589. The Balaban J connectivity index is 1.54. The molecule has 0 aliphatic heterocycles. The lowest BCUT2D eigenvalue weighted by Crippen LogP contribution is -2.39. The number of halogens is 1. The summed E-state index contributed by atoms with van der Waals surface area (Å²) in [6.07, 6.45) is 4.48. The fraction of sp³-hybridized carbons (Fsp3) is 0.115. The smallest absolute Gasteiger partial charge is 0.264 e. The minimum atomic E-state index is -4.00. The third-order valence-corrected chi connectivity index (χ3v) is 7.97. The molecule has 0 fully saturated rings. The molecule has 0 unspecified atom stereocenters. The van der Waals surface area contributed by atoms with E-state index in [1.807, 2.05) is 44.2 Å². The van der Waals surface area contributed by atoms with Crippen LogP contribution in [-0.2, 0) is 14.8 Å². The van der Waals surface area contributed by atoms with Gasteiger partial charge in [-0.2, -0.15) is 5.10 Å². The standard InChI is InChI=1S/C26H24BrN5O3S/c1-19-15-21(20(2)32(19)25-13-7-6-12-24(25)27)16-29-30-26(33)18-31(22-9-8-14-28-17-22)36(34,35)23-10-4-3-5-11-23/h3-17H,18H2,1-2H3,(H,30,33)/b29-16-. The summed E-state index contributed by atoms with van der Waals surface area (Å²) in [6, 6.07) is 21.0. The number of nitrogens with one attached hydrogen (secondary N) is 1. The van der Waals surface area contributed by atoms with E-state index in [0.717, 1.165) is 31.4 Å². The monoisotopic (exact) mass is 565 g/mol. The van der Waals surface area contributed by atoms with Crippen molar-refractivity contribution in [1.29, 1.82) is 0 Å². The van der Waals surface area contributed by atoms with E-state index in [2.05, 4.69) is 36.0 Å². The Hall–Kier alpha value is -3.76. The number of hydrazone groups is 1. The van der Waals surface area contributed by atoms with E-state index < -0.39 is 22.5 Å². The first-order chi connectivity index (χ1) is 17.3. The number of anilines is 1. The second kappa shape index (κ2) is 10.9. The fourth-order valence-corrected chi connectivity index (χ4v) is 5.69. The summed E-state index contributed by atoms with van der Waals surface area (Å²) in [5.41, 5.74) is 6.49. The van der Waals surface area contributed by atoms with Crippen LogP contribution in [0.4, 0.5) is 5.69 Å². The van der Waals surface area contributed by atoms with Gasteiger partial charge >= 0.3 is 0 Å². The molecule has 2 heterocycles. The van der Waals surface area contributed by atoms with E-state index in [1.54, 1.807) is 36.5 Å². The first-order valence-corrected chi connectivity index (χ1v) is 13.3. The van der Waals surface area contributed by atoms with Gasteiger partial charge in [-0.3, -0.25) is 14.1 Å². The fourth-order valence-electron chi connectivity index (χ4n) is 3.80. The van der Waals surface area contributed by atoms with Crippen molar-refractivity contribution < 1.29 is 13.2 Å². The van der Waals surface area contributed by atoms with Gasteiger partial charge in [0.15, 0.2) is 0 Å². The summed E-state index contributed by atoms with van der Waals surface area (Å²) in [4.78, 5) is 16.8. The Labute approximate surface area is 218 Å². The van der Waals surface area contributed by atoms with Crippen LogP contribution < -0.4 is 9.73 Å². The van der Waals surface area contributed by atoms with Gasteiger partial charge in [0.25, 0.3) is 15.9 Å². The number of para-hydroxylation sites is 1. The highest BCUT2D eigenvalue weighted by Gasteiger charge is 2.27. The van der Waals surface area contributed by atoms with Gasteiger partial charge in [-0.1, -0.05) is 30.3 Å². The van der Waals surface area contributed by atoms with Gasteiger partial charge in [0.1, 0.15) is 6.54 Å². The summed E-state index contributed by atoms with van der Waals surface area (Å²) in [7, 11) is -4.00. The quantitative estimate of drug-likeness (QED) is 0.249. The lowest BCUT2D eigenvalue weighted by Gasteiger charge is -2.23. The van der Waals surface area contributed by atoms with Gasteiger partial charge in [-0.05, 0) is 72.2 Å². The number of hydrogen-bond acceptors (Lipinski definition) is 5. The van der Waals surface area contributed by atoms with Crippen molar-refractivity contribution >= 4 is 43.8 Å². The number of nitrogens with zero attached hydrogens (tertiary/aromatic N) is 4. The molecule has 10 heteroatoms. The second-order valence-corrected chi connectivity index (χ2v) is 10.7. The number of aryl methyl sites for hydroxylation is 1. The first-order valence-electron chi connectivity index (χ1n) is 11.0. The molecule has 1 amide bonds. The van der Waals surface area contributed by atoms with Gasteiger partial charge in [-0.15, -0.1) is 0 Å². The Morgan fingerprint density at radius 2 is 1.81 bits per heavy atom. The number of rotatable bonds is 8. The maximum Gasteiger partial charge on any atom is 0.264 e. The zero-order valence-corrected chi connectivity index (χ0v) is 22.1. The summed E-state index contributed by atoms with van der Waals surface area (Å²) < 4.78 is 30.6. The number of benzene rings is 2. The molecule has 4 rings (SSSR count). The SMILES string of the molecule is Cc1cc(/C=N\NC(=O)CN(c2cccnc2)S(=O)(=O)c2ccccc2)c(C)n1-c1ccccc1Br. The van der Waals surface area contributed by atoms with E-state index in [-0.39, 0.29) is 10.6 Å². The predicted octanol–water partition coefficient (Wildman–Crippen LogP) is 4.60. The molecule has 36 heavy (non-hydrogen) atoms. The van der Waals surface area contributed by atoms with Gasteiger partial charge < -0.3 is 4.57 Å². The lowest BCUT2D eigenvalue weighted by molar-refractivity contribution is -0.119. The summed E-state index contributed by atoms with van der Waals surface area (Å²) in [6.45, 7) is 3.49. The highest BCUT2D eigenvalue weighted by molar-refractivity contribution is 9.10. The molecule has 0 bridgehead atoms. The van der Waals surface area contributed by atoms with Crippen LogP contribution in [0.15, 0.2) is 99.7 Å². The molecule has 0 spiro atoms. The Morgan fingerprint density at radius 1 is 1.08 bits per heavy atom. The zero-order valence-electron chi connectivity index (χ0n) is 19.7. The minimum Gasteiger partial charge on any atom is -0.317 e. The molecule has 184 valence electrons. The molecule has 0 aliphatic carbocycles. The van der Waals surface area contributed by atoms with E-state index in [4.69, 9.17) is 0 Å². The van der Waals surface area contributed by atoms with E-state index in [0.29, 0.717) is 0 Å². The molecule has 2 aromatic carbocycles. The Morgan fingerprint density at radius 3 is 2.50 bits per heavy atom. The summed E-state index contributed by atoms with van der Waals surface area (Å²) in [5, 5.41) is 4.09. The minimum absolute atomic E-state index is 0.0738. The number of amides is 1. The predicted molar refractivity (Wildman–Crippen MR) is 144 cm³/mol. The van der Waals surface area contributed by atoms with Crippen molar-refractivity contribution in [2.24, 2.45) is 5.10 Å². The number of pyridine rings is 1. The molecule has 8 nitrogen and oxygen atoms in total. The molecule has 0 atom stereocenters. The van der Waals surface area contributed by atoms with Gasteiger partial charge in [0.05, 0.1) is 28.7 Å². The number of carbonyl (C=O) groups is 1. The van der Waals surface area contributed by atoms with Crippen molar-refractivity contribution in [2.45, 2.75) is 18.7 Å². The molecule has 2 aromatic heterocycles. The second-order valence-electron chi connectivity index (χ2n) is 7.94. The molecule has 4 aromatic rings. The van der Waals surface area contributed by atoms with Gasteiger partial charge in [0.2, 0.25) is 0 Å². The Bertz CT molecular complexity index is 1500.